The Bertz CT molecular complexity index is 350. The molecular formula is C15H23NO. The zero-order chi connectivity index (χ0) is 12.1. The Labute approximate surface area is 104 Å². The van der Waals surface area contributed by atoms with Crippen LogP contribution in [0.4, 0.5) is 0 Å². The van der Waals surface area contributed by atoms with Gasteiger partial charge in [-0.3, -0.25) is 0 Å². The first-order chi connectivity index (χ1) is 8.30. The van der Waals surface area contributed by atoms with Crippen molar-refractivity contribution < 1.29 is 4.74 Å². The highest BCUT2D eigenvalue weighted by Crippen LogP contribution is 2.35. The van der Waals surface area contributed by atoms with Crippen LogP contribution >= 0.6 is 0 Å². The Hall–Kier alpha value is -1.02. The molecule has 1 atom stereocenters. The van der Waals surface area contributed by atoms with Crippen LogP contribution in [0.1, 0.15) is 44.6 Å². The van der Waals surface area contributed by atoms with Crippen molar-refractivity contribution in [3.05, 3.63) is 29.8 Å². The van der Waals surface area contributed by atoms with E-state index < -0.39 is 0 Å². The van der Waals surface area contributed by atoms with Gasteiger partial charge in [0, 0.05) is 5.54 Å². The van der Waals surface area contributed by atoms with Gasteiger partial charge in [0.05, 0.1) is 7.11 Å². The number of methoxy groups -OCH3 is 1. The van der Waals surface area contributed by atoms with Crippen LogP contribution in [0.25, 0.3) is 0 Å². The van der Waals surface area contributed by atoms with Gasteiger partial charge in [-0.05, 0) is 43.5 Å². The molecule has 1 N–H and O–H groups in total. The Morgan fingerprint density at radius 1 is 1.35 bits per heavy atom. The van der Waals surface area contributed by atoms with E-state index in [1.165, 1.54) is 37.7 Å². The molecule has 0 radical (unpaired) electrons. The van der Waals surface area contributed by atoms with Gasteiger partial charge in [-0.1, -0.05) is 31.9 Å². The Morgan fingerprint density at radius 2 is 2.24 bits per heavy atom. The predicted molar refractivity (Wildman–Crippen MR) is 71.4 cm³/mol. The molecule has 2 rings (SSSR count). The van der Waals surface area contributed by atoms with Crippen molar-refractivity contribution >= 4 is 0 Å². The first-order valence-electron chi connectivity index (χ1n) is 6.70. The van der Waals surface area contributed by atoms with Crippen LogP contribution in [0.3, 0.4) is 0 Å². The van der Waals surface area contributed by atoms with Crippen molar-refractivity contribution in [2.45, 2.75) is 44.6 Å². The molecule has 1 unspecified atom stereocenters. The van der Waals surface area contributed by atoms with Crippen molar-refractivity contribution in [2.75, 3.05) is 13.7 Å². The van der Waals surface area contributed by atoms with Crippen LogP contribution in [-0.4, -0.2) is 13.7 Å². The number of piperidine rings is 1. The van der Waals surface area contributed by atoms with Crippen LogP contribution in [0, 0.1) is 0 Å². The third-order valence-electron chi connectivity index (χ3n) is 3.79. The monoisotopic (exact) mass is 233 g/mol. The molecule has 0 aromatic heterocycles. The molecule has 94 valence electrons. The van der Waals surface area contributed by atoms with Gasteiger partial charge in [-0.15, -0.1) is 0 Å². The topological polar surface area (TPSA) is 21.3 Å². The lowest BCUT2D eigenvalue weighted by Gasteiger charge is -2.39. The molecule has 1 fully saturated rings. The molecule has 1 heterocycles. The second-order valence-corrected chi connectivity index (χ2v) is 4.95. The Morgan fingerprint density at radius 3 is 2.88 bits per heavy atom. The Balaban J connectivity index is 2.30. The highest BCUT2D eigenvalue weighted by molar-refractivity contribution is 5.33. The van der Waals surface area contributed by atoms with E-state index >= 15 is 0 Å². The van der Waals surface area contributed by atoms with Crippen molar-refractivity contribution in [3.63, 3.8) is 0 Å². The summed E-state index contributed by atoms with van der Waals surface area (Å²) in [5.41, 5.74) is 1.57. The summed E-state index contributed by atoms with van der Waals surface area (Å²) in [6.45, 7) is 3.40. The van der Waals surface area contributed by atoms with Crippen molar-refractivity contribution in [3.8, 4) is 5.75 Å². The van der Waals surface area contributed by atoms with E-state index in [4.69, 9.17) is 4.74 Å². The largest absolute Gasteiger partial charge is 0.497 e. The predicted octanol–water partition coefficient (Wildman–Crippen LogP) is 3.46. The summed E-state index contributed by atoms with van der Waals surface area (Å²) in [6, 6.07) is 8.54. The van der Waals surface area contributed by atoms with Gasteiger partial charge >= 0.3 is 0 Å². The fraction of sp³-hybridized carbons (Fsp3) is 0.600. The molecule has 1 saturated heterocycles. The summed E-state index contributed by atoms with van der Waals surface area (Å²) in [5, 5.41) is 3.75. The van der Waals surface area contributed by atoms with E-state index in [0.29, 0.717) is 0 Å². The number of hydrogen-bond donors (Lipinski definition) is 1. The normalized spacial score (nSPS) is 24.6. The average molecular weight is 233 g/mol. The van der Waals surface area contributed by atoms with Crippen LogP contribution in [0.2, 0.25) is 0 Å². The molecule has 1 aliphatic heterocycles. The molecule has 0 bridgehead atoms. The second-order valence-electron chi connectivity index (χ2n) is 4.95. The maximum atomic E-state index is 5.34. The average Bonchev–Trinajstić information content (AvgIpc) is 2.40. The molecule has 2 nitrogen and oxygen atoms in total. The number of benzene rings is 1. The SMILES string of the molecule is CCCC1(c2cccc(OC)c2)CCCCN1. The van der Waals surface area contributed by atoms with E-state index in [1.54, 1.807) is 7.11 Å². The van der Waals surface area contributed by atoms with E-state index in [9.17, 15) is 0 Å². The zero-order valence-electron chi connectivity index (χ0n) is 11.0. The van der Waals surface area contributed by atoms with Gasteiger partial charge < -0.3 is 10.1 Å². The fourth-order valence-corrected chi connectivity index (χ4v) is 2.92. The van der Waals surface area contributed by atoms with E-state index in [0.717, 1.165) is 12.3 Å². The van der Waals surface area contributed by atoms with Gasteiger partial charge in [-0.2, -0.15) is 0 Å². The minimum absolute atomic E-state index is 0.182. The molecule has 0 saturated carbocycles. The molecule has 0 spiro atoms. The molecule has 1 aromatic rings. The molecule has 1 aliphatic rings. The van der Waals surface area contributed by atoms with Crippen LogP contribution in [0.5, 0.6) is 5.75 Å². The smallest absolute Gasteiger partial charge is 0.119 e. The minimum atomic E-state index is 0.182. The molecular weight excluding hydrogens is 210 g/mol. The van der Waals surface area contributed by atoms with E-state index in [1.807, 2.05) is 6.07 Å². The van der Waals surface area contributed by atoms with Crippen molar-refractivity contribution in [2.24, 2.45) is 0 Å². The third kappa shape index (κ3) is 2.63. The molecule has 17 heavy (non-hydrogen) atoms. The third-order valence-corrected chi connectivity index (χ3v) is 3.79. The molecule has 1 aromatic carbocycles. The van der Waals surface area contributed by atoms with Crippen molar-refractivity contribution in [1.29, 1.82) is 0 Å². The quantitative estimate of drug-likeness (QED) is 0.860. The van der Waals surface area contributed by atoms with Gasteiger partial charge in [0.15, 0.2) is 0 Å². The van der Waals surface area contributed by atoms with E-state index in [2.05, 4.69) is 30.4 Å². The zero-order valence-corrected chi connectivity index (χ0v) is 11.0. The maximum absolute atomic E-state index is 5.34. The first-order valence-corrected chi connectivity index (χ1v) is 6.70. The van der Waals surface area contributed by atoms with Gasteiger partial charge in [0.1, 0.15) is 5.75 Å². The van der Waals surface area contributed by atoms with Crippen molar-refractivity contribution in [1.82, 2.24) is 5.32 Å². The van der Waals surface area contributed by atoms with Crippen LogP contribution in [0.15, 0.2) is 24.3 Å². The summed E-state index contributed by atoms with van der Waals surface area (Å²) >= 11 is 0. The number of hydrogen-bond acceptors (Lipinski definition) is 2. The second kappa shape index (κ2) is 5.54. The summed E-state index contributed by atoms with van der Waals surface area (Å²) in [7, 11) is 1.74. The summed E-state index contributed by atoms with van der Waals surface area (Å²) in [5.74, 6) is 0.963. The van der Waals surface area contributed by atoms with E-state index in [-0.39, 0.29) is 5.54 Å². The van der Waals surface area contributed by atoms with Gasteiger partial charge in [0.2, 0.25) is 0 Å². The first kappa shape index (κ1) is 12.4. The molecule has 0 aliphatic carbocycles. The maximum Gasteiger partial charge on any atom is 0.119 e. The van der Waals surface area contributed by atoms with Gasteiger partial charge in [-0.25, -0.2) is 0 Å². The van der Waals surface area contributed by atoms with Crippen LogP contribution < -0.4 is 10.1 Å². The summed E-state index contributed by atoms with van der Waals surface area (Å²) < 4.78 is 5.34. The van der Waals surface area contributed by atoms with Gasteiger partial charge in [0.25, 0.3) is 0 Å². The lowest BCUT2D eigenvalue weighted by Crippen LogP contribution is -2.45. The number of rotatable bonds is 4. The lowest BCUT2D eigenvalue weighted by atomic mass is 9.79. The van der Waals surface area contributed by atoms with Crippen LogP contribution in [-0.2, 0) is 5.54 Å². The standard InChI is InChI=1S/C15H23NO/c1-3-9-15(10-4-5-11-16-15)13-7-6-8-14(12-13)17-2/h6-8,12,16H,3-5,9-11H2,1-2H3. The highest BCUT2D eigenvalue weighted by Gasteiger charge is 2.32. The summed E-state index contributed by atoms with van der Waals surface area (Å²) in [6.07, 6.45) is 6.29. The minimum Gasteiger partial charge on any atom is -0.497 e. The molecule has 0 amide bonds. The fourth-order valence-electron chi connectivity index (χ4n) is 2.92. The highest BCUT2D eigenvalue weighted by atomic mass is 16.5. The number of ether oxygens (including phenoxy) is 1. The number of nitrogens with one attached hydrogen (secondary N) is 1. The molecule has 2 heteroatoms. The summed E-state index contributed by atoms with van der Waals surface area (Å²) in [4.78, 5) is 0. The lowest BCUT2D eigenvalue weighted by molar-refractivity contribution is 0.237. The Kier molecular flexibility index (Phi) is 4.06.